The maximum absolute atomic E-state index is 11.9. The first-order valence-electron chi connectivity index (χ1n) is 7.30. The van der Waals surface area contributed by atoms with Crippen molar-refractivity contribution in [2.45, 2.75) is 25.9 Å². The van der Waals surface area contributed by atoms with Gasteiger partial charge in [0.2, 0.25) is 17.0 Å². The molecule has 0 aromatic carbocycles. The second-order valence-electron chi connectivity index (χ2n) is 4.64. The van der Waals surface area contributed by atoms with Gasteiger partial charge in [0.05, 0.1) is 12.0 Å². The average molecular weight is 336 g/mol. The van der Waals surface area contributed by atoms with E-state index in [0.29, 0.717) is 35.7 Å². The van der Waals surface area contributed by atoms with E-state index < -0.39 is 0 Å². The highest BCUT2D eigenvalue weighted by Crippen LogP contribution is 2.14. The minimum atomic E-state index is 0.0746. The molecule has 2 aromatic rings. The van der Waals surface area contributed by atoms with Gasteiger partial charge in [-0.25, -0.2) is 10.5 Å². The van der Waals surface area contributed by atoms with Crippen LogP contribution in [0.4, 0.5) is 5.95 Å². The van der Waals surface area contributed by atoms with Gasteiger partial charge in [-0.2, -0.15) is 10.1 Å². The molecule has 2 heterocycles. The van der Waals surface area contributed by atoms with Crippen LogP contribution >= 0.6 is 11.8 Å². The maximum Gasteiger partial charge on any atom is 0.240 e. The molecule has 0 saturated heterocycles. The van der Waals surface area contributed by atoms with Gasteiger partial charge in [-0.15, -0.1) is 5.10 Å². The van der Waals surface area contributed by atoms with Crippen LogP contribution in [0.5, 0.6) is 0 Å². The number of aryl methyl sites for hydroxylation is 1. The summed E-state index contributed by atoms with van der Waals surface area (Å²) in [7, 11) is 0. The molecule has 0 aliphatic heterocycles. The summed E-state index contributed by atoms with van der Waals surface area (Å²) in [5.41, 5.74) is 2.73. The van der Waals surface area contributed by atoms with E-state index in [2.05, 4.69) is 25.7 Å². The minimum Gasteiger partial charge on any atom is -0.460 e. The summed E-state index contributed by atoms with van der Waals surface area (Å²) >= 11 is 1.29. The summed E-state index contributed by atoms with van der Waals surface area (Å²) in [6.45, 7) is 7.19. The fourth-order valence-corrected chi connectivity index (χ4v) is 2.54. The third-order valence-corrected chi connectivity index (χ3v) is 3.86. The summed E-state index contributed by atoms with van der Waals surface area (Å²) < 4.78 is 5.35. The van der Waals surface area contributed by atoms with Crippen LogP contribution in [-0.2, 0) is 4.79 Å². The summed E-state index contributed by atoms with van der Waals surface area (Å²) in [5.74, 6) is 2.26. The van der Waals surface area contributed by atoms with E-state index in [1.54, 1.807) is 11.1 Å². The quantitative estimate of drug-likeness (QED) is 0.435. The van der Waals surface area contributed by atoms with Crippen molar-refractivity contribution in [3.8, 4) is 0 Å². The lowest BCUT2D eigenvalue weighted by Gasteiger charge is -2.17. The van der Waals surface area contributed by atoms with Gasteiger partial charge in [0.25, 0.3) is 0 Å². The van der Waals surface area contributed by atoms with Crippen molar-refractivity contribution in [3.63, 3.8) is 0 Å². The number of H-pyrrole nitrogens is 1. The topological polar surface area (TPSA) is 99.4 Å². The average Bonchev–Trinajstić information content (AvgIpc) is 3.16. The first kappa shape index (κ1) is 17.1. The number of rotatable bonds is 8. The van der Waals surface area contributed by atoms with Crippen LogP contribution in [0, 0.1) is 6.92 Å². The Morgan fingerprint density at radius 1 is 1.48 bits per heavy atom. The zero-order chi connectivity index (χ0) is 16.7. The van der Waals surface area contributed by atoms with Gasteiger partial charge in [0, 0.05) is 13.1 Å². The molecule has 8 nitrogen and oxygen atoms in total. The van der Waals surface area contributed by atoms with Crippen LogP contribution in [0.1, 0.15) is 25.4 Å². The molecule has 0 aliphatic rings. The van der Waals surface area contributed by atoms with Gasteiger partial charge >= 0.3 is 0 Å². The Morgan fingerprint density at radius 2 is 2.26 bits per heavy atom. The fraction of sp³-hybridized carbons (Fsp3) is 0.429. The minimum absolute atomic E-state index is 0.0746. The van der Waals surface area contributed by atoms with Crippen molar-refractivity contribution >= 4 is 29.8 Å². The lowest BCUT2D eigenvalue weighted by Crippen LogP contribution is -2.31. The highest BCUT2D eigenvalue weighted by molar-refractivity contribution is 7.99. The van der Waals surface area contributed by atoms with E-state index in [1.807, 2.05) is 32.9 Å². The Morgan fingerprint density at radius 3 is 2.91 bits per heavy atom. The summed E-state index contributed by atoms with van der Waals surface area (Å²) in [6.07, 6.45) is 1.55. The van der Waals surface area contributed by atoms with E-state index >= 15 is 0 Å². The molecule has 0 fully saturated rings. The molecule has 0 spiro atoms. The highest BCUT2D eigenvalue weighted by atomic mass is 32.2. The largest absolute Gasteiger partial charge is 0.460 e. The number of hydrazone groups is 1. The molecular formula is C14H20N6O2S. The van der Waals surface area contributed by atoms with Gasteiger partial charge < -0.3 is 9.32 Å². The van der Waals surface area contributed by atoms with Crippen LogP contribution in [-0.4, -0.2) is 51.0 Å². The predicted molar refractivity (Wildman–Crippen MR) is 89.7 cm³/mol. The highest BCUT2D eigenvalue weighted by Gasteiger charge is 2.12. The third kappa shape index (κ3) is 5.13. The van der Waals surface area contributed by atoms with Crippen LogP contribution in [0.15, 0.2) is 26.8 Å². The smallest absolute Gasteiger partial charge is 0.240 e. The standard InChI is InChI=1S/C14H20N6O2S/c1-4-20(5-2)12(21)9-23-14-16-13(18-19-14)17-15-8-11-7-6-10(3)22-11/h6-8H,4-5,9H2,1-3H3,(H2,16,17,18,19)/b15-8-. The second-order valence-corrected chi connectivity index (χ2v) is 5.58. The summed E-state index contributed by atoms with van der Waals surface area (Å²) in [5, 5.41) is 11.2. The molecule has 0 bridgehead atoms. The molecule has 124 valence electrons. The molecule has 9 heteroatoms. The molecule has 2 rings (SSSR count). The zero-order valence-corrected chi connectivity index (χ0v) is 14.2. The molecule has 0 unspecified atom stereocenters. The van der Waals surface area contributed by atoms with Crippen LogP contribution in [0.25, 0.3) is 0 Å². The number of hydrogen-bond acceptors (Lipinski definition) is 7. The van der Waals surface area contributed by atoms with Crippen LogP contribution < -0.4 is 5.43 Å². The molecule has 0 radical (unpaired) electrons. The number of aromatic nitrogens is 3. The van der Waals surface area contributed by atoms with Crippen molar-refractivity contribution in [1.29, 1.82) is 0 Å². The number of thioether (sulfide) groups is 1. The molecule has 23 heavy (non-hydrogen) atoms. The Labute approximate surface area is 138 Å². The summed E-state index contributed by atoms with van der Waals surface area (Å²) in [6, 6.07) is 3.68. The van der Waals surface area contributed by atoms with Crippen molar-refractivity contribution < 1.29 is 9.21 Å². The number of carbonyl (C=O) groups excluding carboxylic acids is 1. The predicted octanol–water partition coefficient (Wildman–Crippen LogP) is 2.11. The molecular weight excluding hydrogens is 316 g/mol. The van der Waals surface area contributed by atoms with E-state index in [0.717, 1.165) is 5.76 Å². The van der Waals surface area contributed by atoms with Crippen LogP contribution in [0.3, 0.4) is 0 Å². The number of nitrogens with zero attached hydrogens (tertiary/aromatic N) is 4. The van der Waals surface area contributed by atoms with Crippen LogP contribution in [0.2, 0.25) is 0 Å². The Bertz CT molecular complexity index is 662. The van der Waals surface area contributed by atoms with E-state index in [9.17, 15) is 4.79 Å². The van der Waals surface area contributed by atoms with Gasteiger partial charge in [-0.05, 0) is 32.9 Å². The van der Waals surface area contributed by atoms with E-state index in [4.69, 9.17) is 4.42 Å². The number of hydrogen-bond donors (Lipinski definition) is 2. The van der Waals surface area contributed by atoms with Crippen molar-refractivity contribution in [2.24, 2.45) is 5.10 Å². The third-order valence-electron chi connectivity index (χ3n) is 3.03. The molecule has 2 N–H and O–H groups in total. The maximum atomic E-state index is 11.9. The SMILES string of the molecule is CCN(CC)C(=O)CSc1n[nH]c(N/N=C\c2ccc(C)o2)n1. The van der Waals surface area contributed by atoms with Crippen molar-refractivity contribution in [1.82, 2.24) is 20.1 Å². The number of carbonyl (C=O) groups is 1. The molecule has 0 atom stereocenters. The first-order valence-corrected chi connectivity index (χ1v) is 8.29. The number of anilines is 1. The van der Waals surface area contributed by atoms with Gasteiger partial charge in [-0.1, -0.05) is 11.8 Å². The van der Waals surface area contributed by atoms with E-state index in [1.165, 1.54) is 11.8 Å². The second kappa shape index (κ2) is 8.37. The lowest BCUT2D eigenvalue weighted by atomic mass is 10.4. The molecule has 0 aliphatic carbocycles. The molecule has 0 saturated carbocycles. The van der Waals surface area contributed by atoms with Crippen molar-refractivity contribution in [3.05, 3.63) is 23.7 Å². The van der Waals surface area contributed by atoms with Crippen molar-refractivity contribution in [2.75, 3.05) is 24.3 Å². The number of furan rings is 1. The first-order chi connectivity index (χ1) is 11.1. The fourth-order valence-electron chi connectivity index (χ4n) is 1.83. The number of nitrogens with one attached hydrogen (secondary N) is 2. The van der Waals surface area contributed by atoms with Gasteiger partial charge in [-0.3, -0.25) is 4.79 Å². The number of aromatic amines is 1. The normalized spacial score (nSPS) is 11.1. The Balaban J connectivity index is 1.81. The monoisotopic (exact) mass is 336 g/mol. The molecule has 1 amide bonds. The number of amides is 1. The lowest BCUT2D eigenvalue weighted by molar-refractivity contribution is -0.127. The Hall–Kier alpha value is -2.29. The van der Waals surface area contributed by atoms with E-state index in [-0.39, 0.29) is 5.91 Å². The Kier molecular flexibility index (Phi) is 6.21. The van der Waals surface area contributed by atoms with Gasteiger partial charge in [0.1, 0.15) is 11.5 Å². The zero-order valence-electron chi connectivity index (χ0n) is 13.4. The summed E-state index contributed by atoms with van der Waals surface area (Å²) in [4.78, 5) is 17.9. The van der Waals surface area contributed by atoms with Gasteiger partial charge in [0.15, 0.2) is 0 Å². The molecule has 2 aromatic heterocycles.